The van der Waals surface area contributed by atoms with Gasteiger partial charge >= 0.3 is 0 Å². The van der Waals surface area contributed by atoms with Gasteiger partial charge in [0.25, 0.3) is 5.91 Å². The van der Waals surface area contributed by atoms with Crippen LogP contribution < -0.4 is 5.32 Å². The van der Waals surface area contributed by atoms with Crippen LogP contribution >= 0.6 is 0 Å². The number of carbonyl (C=O) groups is 2. The molecule has 0 atom stereocenters. The molecule has 174 valence electrons. The Morgan fingerprint density at radius 2 is 1.71 bits per heavy atom. The van der Waals surface area contributed by atoms with Gasteiger partial charge in [-0.2, -0.15) is 0 Å². The number of anilines is 1. The number of nitrogens with one attached hydrogen (secondary N) is 1. The van der Waals surface area contributed by atoms with Gasteiger partial charge < -0.3 is 15.0 Å². The van der Waals surface area contributed by atoms with Crippen LogP contribution in [0.2, 0.25) is 0 Å². The van der Waals surface area contributed by atoms with E-state index in [1.54, 1.807) is 11.0 Å². The molecule has 0 bridgehead atoms. The Morgan fingerprint density at radius 1 is 1.00 bits per heavy atom. The molecule has 7 nitrogen and oxygen atoms in total. The van der Waals surface area contributed by atoms with Crippen molar-refractivity contribution in [3.63, 3.8) is 0 Å². The Hall–Kier alpha value is -4.41. The minimum atomic E-state index is -0.235. The lowest BCUT2D eigenvalue weighted by Crippen LogP contribution is -2.41. The van der Waals surface area contributed by atoms with Crippen molar-refractivity contribution in [3.8, 4) is 34.7 Å². The smallest absolute Gasteiger partial charge is 0.256 e. The summed E-state index contributed by atoms with van der Waals surface area (Å²) in [5.41, 5.74) is 6.31. The number of fused-ring (bicyclic) bond motifs is 1. The lowest BCUT2D eigenvalue weighted by molar-refractivity contribution is -0.114. The van der Waals surface area contributed by atoms with E-state index in [1.165, 1.54) is 6.92 Å². The van der Waals surface area contributed by atoms with Gasteiger partial charge in [0, 0.05) is 37.3 Å². The lowest BCUT2D eigenvalue weighted by Gasteiger charge is -2.27. The van der Waals surface area contributed by atoms with Crippen molar-refractivity contribution in [1.82, 2.24) is 14.3 Å². The maximum absolute atomic E-state index is 13.1. The van der Waals surface area contributed by atoms with Gasteiger partial charge in [0.15, 0.2) is 0 Å². The van der Waals surface area contributed by atoms with Crippen LogP contribution in [-0.2, 0) is 9.53 Å². The highest BCUT2D eigenvalue weighted by Gasteiger charge is 2.22. The molecule has 1 saturated heterocycles. The van der Waals surface area contributed by atoms with Crippen LogP contribution in [0.4, 0.5) is 5.69 Å². The first-order valence-electron chi connectivity index (χ1n) is 11.4. The topological polar surface area (TPSA) is 75.9 Å². The predicted octanol–water partition coefficient (Wildman–Crippen LogP) is 4.08. The average Bonchev–Trinajstić information content (AvgIpc) is 3.32. The molecule has 0 spiro atoms. The Bertz CT molecular complexity index is 1460. The third-order valence-electron chi connectivity index (χ3n) is 6.05. The van der Waals surface area contributed by atoms with Crippen molar-refractivity contribution < 1.29 is 14.3 Å². The maximum atomic E-state index is 13.1. The fourth-order valence-electron chi connectivity index (χ4n) is 4.24. The second-order valence-corrected chi connectivity index (χ2v) is 8.36. The first-order chi connectivity index (χ1) is 17.0. The van der Waals surface area contributed by atoms with Crippen LogP contribution in [0.25, 0.3) is 28.0 Å². The number of nitrogens with zero attached hydrogens (tertiary/aromatic N) is 3. The summed E-state index contributed by atoms with van der Waals surface area (Å²) in [6, 6.07) is 17.2. The maximum Gasteiger partial charge on any atom is 0.256 e. The second-order valence-electron chi connectivity index (χ2n) is 8.36. The van der Waals surface area contributed by atoms with Gasteiger partial charge in [0.1, 0.15) is 5.65 Å². The van der Waals surface area contributed by atoms with E-state index in [-0.39, 0.29) is 11.8 Å². The van der Waals surface area contributed by atoms with Crippen LogP contribution in [0.1, 0.15) is 22.8 Å². The third kappa shape index (κ3) is 4.52. The van der Waals surface area contributed by atoms with Crippen molar-refractivity contribution >= 4 is 23.1 Å². The number of imidazole rings is 1. The van der Waals surface area contributed by atoms with Crippen LogP contribution in [0.3, 0.4) is 0 Å². The van der Waals surface area contributed by atoms with E-state index in [4.69, 9.17) is 11.2 Å². The number of terminal acetylenes is 1. The highest BCUT2D eigenvalue weighted by molar-refractivity contribution is 6.04. The molecule has 4 aromatic rings. The van der Waals surface area contributed by atoms with Crippen molar-refractivity contribution in [1.29, 1.82) is 0 Å². The number of carbonyl (C=O) groups excluding carboxylic acids is 2. The summed E-state index contributed by atoms with van der Waals surface area (Å²) < 4.78 is 7.38. The Morgan fingerprint density at radius 3 is 2.43 bits per heavy atom. The summed E-state index contributed by atoms with van der Waals surface area (Å²) in [6.07, 6.45) is 9.32. The molecule has 2 amide bonds. The number of ether oxygens (including phenoxy) is 1. The van der Waals surface area contributed by atoms with Crippen LogP contribution in [0.5, 0.6) is 0 Å². The molecule has 1 N–H and O–H groups in total. The molecule has 5 rings (SSSR count). The molecule has 7 heteroatoms. The van der Waals surface area contributed by atoms with Crippen molar-refractivity contribution in [2.75, 3.05) is 31.6 Å². The minimum absolute atomic E-state index is 0.119. The Kier molecular flexibility index (Phi) is 6.04. The zero-order valence-corrected chi connectivity index (χ0v) is 19.3. The summed E-state index contributed by atoms with van der Waals surface area (Å²) in [4.78, 5) is 31.3. The van der Waals surface area contributed by atoms with Crippen molar-refractivity contribution in [2.45, 2.75) is 6.92 Å². The summed E-state index contributed by atoms with van der Waals surface area (Å²) in [7, 11) is 0. The summed E-state index contributed by atoms with van der Waals surface area (Å²) in [5, 5.41) is 2.83. The van der Waals surface area contributed by atoms with Crippen molar-refractivity contribution in [2.24, 2.45) is 0 Å². The Balaban J connectivity index is 1.53. The van der Waals surface area contributed by atoms with Crippen LogP contribution in [-0.4, -0.2) is 52.4 Å². The van der Waals surface area contributed by atoms with E-state index >= 15 is 0 Å². The third-order valence-corrected chi connectivity index (χ3v) is 6.05. The summed E-state index contributed by atoms with van der Waals surface area (Å²) in [5.74, 6) is 2.28. The predicted molar refractivity (Wildman–Crippen MR) is 135 cm³/mol. The molecule has 1 fully saturated rings. The Labute approximate surface area is 203 Å². The lowest BCUT2D eigenvalue weighted by atomic mass is 10.0. The molecule has 0 saturated carbocycles. The molecular formula is C28H24N4O3. The average molecular weight is 465 g/mol. The van der Waals surface area contributed by atoms with Gasteiger partial charge in [-0.25, -0.2) is 4.98 Å². The quantitative estimate of drug-likeness (QED) is 0.462. The molecule has 2 aromatic heterocycles. The number of rotatable bonds is 4. The molecule has 35 heavy (non-hydrogen) atoms. The number of morpholine rings is 1. The zero-order chi connectivity index (χ0) is 24.4. The normalized spacial score (nSPS) is 13.4. The number of aromatic nitrogens is 2. The van der Waals surface area contributed by atoms with E-state index < -0.39 is 0 Å². The molecule has 0 unspecified atom stereocenters. The van der Waals surface area contributed by atoms with Crippen LogP contribution in [0, 0.1) is 12.3 Å². The van der Waals surface area contributed by atoms with E-state index in [2.05, 4.69) is 16.2 Å². The van der Waals surface area contributed by atoms with Gasteiger partial charge in [-0.15, -0.1) is 6.42 Å². The number of benzene rings is 2. The van der Waals surface area contributed by atoms with Gasteiger partial charge in [-0.1, -0.05) is 24.1 Å². The number of hydrogen-bond acceptors (Lipinski definition) is 4. The van der Waals surface area contributed by atoms with Crippen molar-refractivity contribution in [3.05, 3.63) is 78.1 Å². The molecule has 3 heterocycles. The fourth-order valence-corrected chi connectivity index (χ4v) is 4.24. The van der Waals surface area contributed by atoms with Gasteiger partial charge in [0.2, 0.25) is 5.91 Å². The molecule has 1 aliphatic rings. The van der Waals surface area contributed by atoms with Crippen LogP contribution in [0.15, 0.2) is 67.0 Å². The fraction of sp³-hybridized carbons (Fsp3) is 0.179. The van der Waals surface area contributed by atoms with Gasteiger partial charge in [-0.3, -0.25) is 14.0 Å². The first-order valence-corrected chi connectivity index (χ1v) is 11.4. The highest BCUT2D eigenvalue weighted by atomic mass is 16.5. The number of amides is 2. The highest BCUT2D eigenvalue weighted by Crippen LogP contribution is 2.29. The van der Waals surface area contributed by atoms with E-state index in [9.17, 15) is 9.59 Å². The molecule has 0 aliphatic carbocycles. The van der Waals surface area contributed by atoms with E-state index in [0.717, 1.165) is 33.6 Å². The standard InChI is InChI=1S/C28H24N4O3/c1-3-20-4-6-21(7-5-20)26-17-29-27-11-9-23(18-32(26)27)22-8-10-24(25(16-22)30-19(2)33)28(34)31-12-14-35-15-13-31/h1,4-11,16-18H,12-15H2,2H3,(H,30,33). The van der Waals surface area contributed by atoms with E-state index in [1.807, 2.05) is 65.3 Å². The van der Waals surface area contributed by atoms with E-state index in [0.29, 0.717) is 37.6 Å². The molecular weight excluding hydrogens is 440 g/mol. The zero-order valence-electron chi connectivity index (χ0n) is 19.3. The second kappa shape index (κ2) is 9.45. The first kappa shape index (κ1) is 22.4. The van der Waals surface area contributed by atoms with Gasteiger partial charge in [-0.05, 0) is 47.5 Å². The number of pyridine rings is 1. The summed E-state index contributed by atoms with van der Waals surface area (Å²) in [6.45, 7) is 3.52. The number of hydrogen-bond donors (Lipinski definition) is 1. The SMILES string of the molecule is C#Cc1ccc(-c2cnc3ccc(-c4ccc(C(=O)N5CCOCC5)c(NC(C)=O)c4)cn23)cc1. The minimum Gasteiger partial charge on any atom is -0.378 e. The summed E-state index contributed by atoms with van der Waals surface area (Å²) >= 11 is 0. The largest absolute Gasteiger partial charge is 0.378 e. The van der Waals surface area contributed by atoms with Gasteiger partial charge in [0.05, 0.1) is 36.4 Å². The monoisotopic (exact) mass is 464 g/mol. The molecule has 1 aliphatic heterocycles. The molecule has 2 aromatic carbocycles. The molecule has 0 radical (unpaired) electrons.